The van der Waals surface area contributed by atoms with Crippen LogP contribution in [0.5, 0.6) is 0 Å². The Kier molecular flexibility index (Phi) is 7.09. The topological polar surface area (TPSA) is 89.5 Å². The van der Waals surface area contributed by atoms with Crippen LogP contribution in [0.2, 0.25) is 0 Å². The van der Waals surface area contributed by atoms with Crippen molar-refractivity contribution < 1.29 is 18.4 Å². The van der Waals surface area contributed by atoms with Crippen molar-refractivity contribution in [3.8, 4) is 5.95 Å². The monoisotopic (exact) mass is 492 g/mol. The van der Waals surface area contributed by atoms with Crippen molar-refractivity contribution in [1.82, 2.24) is 29.7 Å². The SMILES string of the molecule is COC(=O)N1CC(CN2CCC(c3nc(-n4nc(C(C)C)c5cccc(F)c54)no3)CC2)C1.Cl. The molecular formula is C23H30ClFN6O3. The number of para-hydroxylation sites is 1. The molecule has 9 nitrogen and oxygen atoms in total. The van der Waals surface area contributed by atoms with Crippen LogP contribution >= 0.6 is 12.4 Å². The number of benzene rings is 1. The second kappa shape index (κ2) is 9.87. The highest BCUT2D eigenvalue weighted by atomic mass is 35.5. The normalized spacial score (nSPS) is 17.7. The summed E-state index contributed by atoms with van der Waals surface area (Å²) in [4.78, 5) is 20.3. The number of carbonyl (C=O) groups excluding carboxylic acids is 1. The van der Waals surface area contributed by atoms with Crippen LogP contribution in [0.4, 0.5) is 9.18 Å². The second-order valence-corrected chi connectivity index (χ2v) is 9.34. The third kappa shape index (κ3) is 4.48. The predicted molar refractivity (Wildman–Crippen MR) is 126 cm³/mol. The fourth-order valence-corrected chi connectivity index (χ4v) is 4.89. The quantitative estimate of drug-likeness (QED) is 0.532. The van der Waals surface area contributed by atoms with E-state index in [4.69, 9.17) is 9.26 Å². The fourth-order valence-electron chi connectivity index (χ4n) is 4.89. The molecule has 2 aliphatic heterocycles. The molecule has 2 aromatic heterocycles. The molecule has 1 amide bonds. The maximum Gasteiger partial charge on any atom is 0.409 e. The number of halogens is 2. The summed E-state index contributed by atoms with van der Waals surface area (Å²) in [6.07, 6.45) is 1.59. The number of aromatic nitrogens is 4. The first-order valence-electron chi connectivity index (χ1n) is 11.5. The van der Waals surface area contributed by atoms with Crippen molar-refractivity contribution in [2.45, 2.75) is 38.5 Å². The van der Waals surface area contributed by atoms with Crippen LogP contribution in [-0.4, -0.2) is 75.6 Å². The van der Waals surface area contributed by atoms with Gasteiger partial charge in [0, 0.05) is 36.9 Å². The van der Waals surface area contributed by atoms with Crippen LogP contribution in [0.1, 0.15) is 50.1 Å². The van der Waals surface area contributed by atoms with Gasteiger partial charge in [0.05, 0.1) is 12.8 Å². The van der Waals surface area contributed by atoms with E-state index in [1.807, 2.05) is 19.9 Å². The standard InChI is InChI=1S/C23H29FN6O3.ClH/c1-14(2)19-17-5-4-6-18(24)20(17)30(26-19)22-25-21(33-27-22)16-7-9-28(10-8-16)11-15-12-29(13-15)23(31)32-3;/h4-6,14-16H,7-13H2,1-3H3;1H. The number of hydrogen-bond donors (Lipinski definition) is 0. The van der Waals surface area contributed by atoms with Crippen molar-refractivity contribution >= 4 is 29.4 Å². The lowest BCUT2D eigenvalue weighted by molar-refractivity contribution is 0.0461. The fraction of sp³-hybridized carbons (Fsp3) is 0.565. The molecule has 4 heterocycles. The minimum Gasteiger partial charge on any atom is -0.453 e. The predicted octanol–water partition coefficient (Wildman–Crippen LogP) is 3.97. The van der Waals surface area contributed by atoms with Crippen molar-refractivity contribution in [3.05, 3.63) is 35.6 Å². The van der Waals surface area contributed by atoms with Crippen LogP contribution in [-0.2, 0) is 4.74 Å². The van der Waals surface area contributed by atoms with E-state index in [1.165, 1.54) is 17.9 Å². The van der Waals surface area contributed by atoms with Gasteiger partial charge in [0.2, 0.25) is 5.89 Å². The molecular weight excluding hydrogens is 463 g/mol. The number of hydrogen-bond acceptors (Lipinski definition) is 7. The highest BCUT2D eigenvalue weighted by Crippen LogP contribution is 2.31. The van der Waals surface area contributed by atoms with E-state index >= 15 is 0 Å². The summed E-state index contributed by atoms with van der Waals surface area (Å²) in [5, 5.41) is 9.51. The molecule has 0 bridgehead atoms. The number of fused-ring (bicyclic) bond motifs is 1. The zero-order chi connectivity index (χ0) is 23.1. The van der Waals surface area contributed by atoms with Crippen molar-refractivity contribution in [2.24, 2.45) is 5.92 Å². The smallest absolute Gasteiger partial charge is 0.409 e. The first-order chi connectivity index (χ1) is 15.9. The first kappa shape index (κ1) is 24.4. The van der Waals surface area contributed by atoms with E-state index < -0.39 is 0 Å². The number of rotatable bonds is 5. The molecule has 0 atom stereocenters. The number of piperidine rings is 1. The Bertz CT molecular complexity index is 1150. The van der Waals surface area contributed by atoms with Gasteiger partial charge < -0.3 is 19.1 Å². The molecule has 184 valence electrons. The number of amides is 1. The van der Waals surface area contributed by atoms with E-state index in [2.05, 4.69) is 20.1 Å². The molecule has 2 saturated heterocycles. The van der Waals surface area contributed by atoms with E-state index in [0.29, 0.717) is 17.3 Å². The zero-order valence-electron chi connectivity index (χ0n) is 19.6. The van der Waals surface area contributed by atoms with Crippen LogP contribution < -0.4 is 0 Å². The second-order valence-electron chi connectivity index (χ2n) is 9.34. The molecule has 0 aliphatic carbocycles. The minimum atomic E-state index is -0.353. The minimum absolute atomic E-state index is 0. The summed E-state index contributed by atoms with van der Waals surface area (Å²) < 4.78 is 26.5. The number of likely N-dealkylation sites (tertiary alicyclic amines) is 2. The Labute approximate surface area is 203 Å². The van der Waals surface area contributed by atoms with Crippen molar-refractivity contribution in [1.29, 1.82) is 0 Å². The number of carbonyl (C=O) groups is 1. The molecule has 0 spiro atoms. The lowest BCUT2D eigenvalue weighted by Crippen LogP contribution is -2.54. The number of nitrogens with zero attached hydrogens (tertiary/aromatic N) is 6. The average Bonchev–Trinajstić information content (AvgIpc) is 3.42. The Morgan fingerprint density at radius 1 is 1.26 bits per heavy atom. The third-order valence-corrected chi connectivity index (χ3v) is 6.69. The third-order valence-electron chi connectivity index (χ3n) is 6.69. The molecule has 5 rings (SSSR count). The molecule has 1 aromatic carbocycles. The van der Waals surface area contributed by atoms with Crippen LogP contribution in [0.25, 0.3) is 16.9 Å². The van der Waals surface area contributed by atoms with E-state index in [9.17, 15) is 9.18 Å². The molecule has 2 aliphatic rings. The molecule has 0 unspecified atom stereocenters. The van der Waals surface area contributed by atoms with E-state index in [0.717, 1.165) is 56.6 Å². The summed E-state index contributed by atoms with van der Waals surface area (Å²) >= 11 is 0. The molecule has 2 fully saturated rings. The summed E-state index contributed by atoms with van der Waals surface area (Å²) in [6, 6.07) is 5.00. The summed E-state index contributed by atoms with van der Waals surface area (Å²) in [5.74, 6) is 1.30. The Hall–Kier alpha value is -2.72. The summed E-state index contributed by atoms with van der Waals surface area (Å²) in [6.45, 7) is 8.43. The van der Waals surface area contributed by atoms with E-state index in [-0.39, 0.29) is 42.1 Å². The largest absolute Gasteiger partial charge is 0.453 e. The lowest BCUT2D eigenvalue weighted by Gasteiger charge is -2.41. The van der Waals surface area contributed by atoms with Crippen LogP contribution in [0.3, 0.4) is 0 Å². The van der Waals surface area contributed by atoms with Gasteiger partial charge in [0.25, 0.3) is 5.95 Å². The number of methoxy groups -OCH3 is 1. The first-order valence-corrected chi connectivity index (χ1v) is 11.5. The summed E-state index contributed by atoms with van der Waals surface area (Å²) in [7, 11) is 1.41. The van der Waals surface area contributed by atoms with Gasteiger partial charge in [-0.3, -0.25) is 0 Å². The van der Waals surface area contributed by atoms with Crippen LogP contribution in [0.15, 0.2) is 22.7 Å². The highest BCUT2D eigenvalue weighted by Gasteiger charge is 2.34. The Balaban J connectivity index is 0.00000274. The molecule has 34 heavy (non-hydrogen) atoms. The Morgan fingerprint density at radius 2 is 2.00 bits per heavy atom. The zero-order valence-corrected chi connectivity index (χ0v) is 20.4. The Morgan fingerprint density at radius 3 is 2.68 bits per heavy atom. The van der Waals surface area contributed by atoms with Gasteiger partial charge in [-0.15, -0.1) is 12.4 Å². The molecule has 11 heteroatoms. The van der Waals surface area contributed by atoms with Crippen LogP contribution in [0, 0.1) is 11.7 Å². The van der Waals surface area contributed by atoms with Gasteiger partial charge in [-0.1, -0.05) is 26.0 Å². The lowest BCUT2D eigenvalue weighted by atomic mass is 9.94. The molecule has 0 saturated carbocycles. The van der Waals surface area contributed by atoms with Gasteiger partial charge in [0.1, 0.15) is 11.3 Å². The molecule has 3 aromatic rings. The van der Waals surface area contributed by atoms with Gasteiger partial charge in [-0.25, -0.2) is 9.18 Å². The van der Waals surface area contributed by atoms with E-state index in [1.54, 1.807) is 11.0 Å². The van der Waals surface area contributed by atoms with Crippen molar-refractivity contribution in [3.63, 3.8) is 0 Å². The maximum absolute atomic E-state index is 14.7. The summed E-state index contributed by atoms with van der Waals surface area (Å²) in [5.41, 5.74) is 1.19. The average molecular weight is 493 g/mol. The van der Waals surface area contributed by atoms with Gasteiger partial charge in [0.15, 0.2) is 0 Å². The number of ether oxygens (including phenoxy) is 1. The van der Waals surface area contributed by atoms with Gasteiger partial charge in [-0.2, -0.15) is 14.8 Å². The molecule has 0 N–H and O–H groups in total. The molecule has 0 radical (unpaired) electrons. The van der Waals surface area contributed by atoms with Gasteiger partial charge >= 0.3 is 6.09 Å². The maximum atomic E-state index is 14.7. The van der Waals surface area contributed by atoms with Gasteiger partial charge in [-0.05, 0) is 43.1 Å². The van der Waals surface area contributed by atoms with Crippen molar-refractivity contribution in [2.75, 3.05) is 39.8 Å². The highest BCUT2D eigenvalue weighted by molar-refractivity contribution is 5.85.